The first-order valence-electron chi connectivity index (χ1n) is 9.14. The molecule has 1 fully saturated rings. The van der Waals surface area contributed by atoms with Crippen LogP contribution in [0.5, 0.6) is 0 Å². The van der Waals surface area contributed by atoms with Gasteiger partial charge in [-0.1, -0.05) is 48.5 Å². The zero-order valence-electron chi connectivity index (χ0n) is 15.4. The highest BCUT2D eigenvalue weighted by Crippen LogP contribution is 2.30. The minimum absolute atomic E-state index is 0.153. The second-order valence-electron chi connectivity index (χ2n) is 6.97. The molecular weight excluding hydrogens is 389 g/mol. The van der Waals surface area contributed by atoms with E-state index in [1.54, 1.807) is 0 Å². The number of nitrogens with zero attached hydrogens (tertiary/aromatic N) is 2. The Kier molecular flexibility index (Phi) is 6.42. The highest BCUT2D eigenvalue weighted by molar-refractivity contribution is 7.88. The van der Waals surface area contributed by atoms with Crippen LogP contribution in [0.25, 0.3) is 0 Å². The Hall–Kier alpha value is -1.90. The number of rotatable bonds is 5. The molecule has 2 aromatic rings. The lowest BCUT2D eigenvalue weighted by molar-refractivity contribution is -0.137. The molecule has 0 unspecified atom stereocenters. The van der Waals surface area contributed by atoms with Crippen LogP contribution in [-0.2, 0) is 28.5 Å². The van der Waals surface area contributed by atoms with Gasteiger partial charge in [-0.15, -0.1) is 0 Å². The molecule has 8 heteroatoms. The predicted octanol–water partition coefficient (Wildman–Crippen LogP) is 3.74. The van der Waals surface area contributed by atoms with Gasteiger partial charge in [0, 0.05) is 26.2 Å². The maximum atomic E-state index is 12.9. The summed E-state index contributed by atoms with van der Waals surface area (Å²) in [5.74, 6) is -0.421. The van der Waals surface area contributed by atoms with Crippen molar-refractivity contribution in [3.8, 4) is 0 Å². The van der Waals surface area contributed by atoms with E-state index in [1.165, 1.54) is 22.0 Å². The minimum Gasteiger partial charge on any atom is -0.298 e. The van der Waals surface area contributed by atoms with Gasteiger partial charge in [-0.05, 0) is 30.2 Å². The maximum absolute atomic E-state index is 12.9. The smallest absolute Gasteiger partial charge is 0.298 e. The molecular formula is C20H23F3N2O2S. The van der Waals surface area contributed by atoms with E-state index < -0.39 is 27.5 Å². The first-order valence-corrected chi connectivity index (χ1v) is 10.8. The third kappa shape index (κ3) is 5.56. The SMILES string of the molecule is O=S(=O)(Cc1cccc(C(F)(F)F)c1)N1CCCN(Cc2ccccc2)CC1. The lowest BCUT2D eigenvalue weighted by atomic mass is 10.1. The fourth-order valence-electron chi connectivity index (χ4n) is 3.36. The Bertz CT molecular complexity index is 886. The first-order chi connectivity index (χ1) is 13.2. The number of hydrogen-bond donors (Lipinski definition) is 0. The molecule has 0 atom stereocenters. The summed E-state index contributed by atoms with van der Waals surface area (Å²) in [6, 6.07) is 14.5. The standard InChI is InChI=1S/C20H23F3N2O2S/c21-20(22,23)19-9-4-8-18(14-19)16-28(26,27)25-11-5-10-24(12-13-25)15-17-6-2-1-3-7-17/h1-4,6-9,14H,5,10-13,15-16H2. The second kappa shape index (κ2) is 8.63. The van der Waals surface area contributed by atoms with Crippen molar-refractivity contribution in [2.75, 3.05) is 26.2 Å². The molecule has 0 N–H and O–H groups in total. The van der Waals surface area contributed by atoms with Gasteiger partial charge in [0.05, 0.1) is 11.3 Å². The molecule has 1 saturated heterocycles. The van der Waals surface area contributed by atoms with Crippen molar-refractivity contribution in [1.29, 1.82) is 0 Å². The summed E-state index contributed by atoms with van der Waals surface area (Å²) in [7, 11) is -3.68. The van der Waals surface area contributed by atoms with Crippen molar-refractivity contribution >= 4 is 10.0 Å². The second-order valence-corrected chi connectivity index (χ2v) is 8.94. The van der Waals surface area contributed by atoms with Gasteiger partial charge in [0.15, 0.2) is 0 Å². The summed E-state index contributed by atoms with van der Waals surface area (Å²) in [5, 5.41) is 0. The van der Waals surface area contributed by atoms with Crippen molar-refractivity contribution in [2.45, 2.75) is 24.9 Å². The average molecular weight is 412 g/mol. The van der Waals surface area contributed by atoms with Crippen molar-refractivity contribution in [3.05, 3.63) is 71.3 Å². The Morgan fingerprint density at radius 1 is 0.857 bits per heavy atom. The Morgan fingerprint density at radius 2 is 1.57 bits per heavy atom. The normalized spacial score (nSPS) is 17.4. The van der Waals surface area contributed by atoms with Crippen LogP contribution >= 0.6 is 0 Å². The number of halogens is 3. The van der Waals surface area contributed by atoms with E-state index in [4.69, 9.17) is 0 Å². The van der Waals surface area contributed by atoms with Gasteiger partial charge >= 0.3 is 6.18 Å². The van der Waals surface area contributed by atoms with Crippen LogP contribution in [0.1, 0.15) is 23.1 Å². The molecule has 1 aliphatic heterocycles. The summed E-state index contributed by atoms with van der Waals surface area (Å²) < 4.78 is 65.5. The molecule has 28 heavy (non-hydrogen) atoms. The molecule has 0 amide bonds. The summed E-state index contributed by atoms with van der Waals surface area (Å²) in [6.45, 7) is 2.85. The van der Waals surface area contributed by atoms with E-state index in [0.717, 1.165) is 25.2 Å². The Morgan fingerprint density at radius 3 is 2.29 bits per heavy atom. The fourth-order valence-corrected chi connectivity index (χ4v) is 4.91. The third-order valence-corrected chi connectivity index (χ3v) is 6.64. The van der Waals surface area contributed by atoms with Gasteiger partial charge in [-0.25, -0.2) is 12.7 Å². The maximum Gasteiger partial charge on any atom is 0.416 e. The van der Waals surface area contributed by atoms with Crippen LogP contribution in [0.15, 0.2) is 54.6 Å². The molecule has 0 radical (unpaired) electrons. The van der Waals surface area contributed by atoms with E-state index in [1.807, 2.05) is 30.3 Å². The first kappa shape index (κ1) is 20.8. The molecule has 1 aliphatic rings. The summed E-state index contributed by atoms with van der Waals surface area (Å²) in [4.78, 5) is 2.20. The molecule has 2 aromatic carbocycles. The minimum atomic E-state index is -4.49. The molecule has 3 rings (SSSR count). The van der Waals surface area contributed by atoms with Gasteiger partial charge in [0.1, 0.15) is 0 Å². The van der Waals surface area contributed by atoms with Crippen LogP contribution in [-0.4, -0.2) is 43.8 Å². The van der Waals surface area contributed by atoms with Gasteiger partial charge in [0.2, 0.25) is 10.0 Å². The van der Waals surface area contributed by atoms with E-state index in [0.29, 0.717) is 26.1 Å². The molecule has 152 valence electrons. The zero-order chi connectivity index (χ0) is 20.2. The highest BCUT2D eigenvalue weighted by Gasteiger charge is 2.31. The monoisotopic (exact) mass is 412 g/mol. The van der Waals surface area contributed by atoms with Crippen LogP contribution in [0.4, 0.5) is 13.2 Å². The lowest BCUT2D eigenvalue weighted by Crippen LogP contribution is -2.35. The van der Waals surface area contributed by atoms with Gasteiger partial charge in [-0.2, -0.15) is 13.2 Å². The summed E-state index contributed by atoms with van der Waals surface area (Å²) in [6.07, 6.45) is -3.80. The van der Waals surface area contributed by atoms with Crippen molar-refractivity contribution in [1.82, 2.24) is 9.21 Å². The van der Waals surface area contributed by atoms with Crippen molar-refractivity contribution in [2.24, 2.45) is 0 Å². The average Bonchev–Trinajstić information content (AvgIpc) is 2.88. The van der Waals surface area contributed by atoms with Gasteiger partial charge < -0.3 is 0 Å². The van der Waals surface area contributed by atoms with Crippen LogP contribution in [0.2, 0.25) is 0 Å². The number of sulfonamides is 1. The zero-order valence-corrected chi connectivity index (χ0v) is 16.2. The lowest BCUT2D eigenvalue weighted by Gasteiger charge is -2.22. The molecule has 0 bridgehead atoms. The highest BCUT2D eigenvalue weighted by atomic mass is 32.2. The fraction of sp³-hybridized carbons (Fsp3) is 0.400. The molecule has 0 spiro atoms. The Balaban J connectivity index is 1.64. The van der Waals surface area contributed by atoms with E-state index >= 15 is 0 Å². The van der Waals surface area contributed by atoms with E-state index in [9.17, 15) is 21.6 Å². The topological polar surface area (TPSA) is 40.6 Å². The van der Waals surface area contributed by atoms with E-state index in [2.05, 4.69) is 4.90 Å². The number of benzene rings is 2. The van der Waals surface area contributed by atoms with Crippen LogP contribution in [0.3, 0.4) is 0 Å². The van der Waals surface area contributed by atoms with Crippen molar-refractivity contribution < 1.29 is 21.6 Å². The summed E-state index contributed by atoms with van der Waals surface area (Å²) in [5.41, 5.74) is 0.494. The third-order valence-electron chi connectivity index (χ3n) is 4.79. The molecule has 4 nitrogen and oxygen atoms in total. The molecule has 0 aliphatic carbocycles. The molecule has 0 saturated carbocycles. The van der Waals surface area contributed by atoms with Gasteiger partial charge in [-0.3, -0.25) is 4.90 Å². The molecule has 0 aromatic heterocycles. The van der Waals surface area contributed by atoms with E-state index in [-0.39, 0.29) is 5.56 Å². The molecule has 1 heterocycles. The van der Waals surface area contributed by atoms with Gasteiger partial charge in [0.25, 0.3) is 0 Å². The quantitative estimate of drug-likeness (QED) is 0.751. The van der Waals surface area contributed by atoms with Crippen molar-refractivity contribution in [3.63, 3.8) is 0 Å². The Labute approximate surface area is 163 Å². The largest absolute Gasteiger partial charge is 0.416 e. The van der Waals surface area contributed by atoms with Crippen LogP contribution in [0, 0.1) is 0 Å². The number of alkyl halides is 3. The van der Waals surface area contributed by atoms with Crippen LogP contribution < -0.4 is 0 Å². The predicted molar refractivity (Wildman–Crippen MR) is 102 cm³/mol. The summed E-state index contributed by atoms with van der Waals surface area (Å²) >= 11 is 0. The number of hydrogen-bond acceptors (Lipinski definition) is 3.